The van der Waals surface area contributed by atoms with Gasteiger partial charge in [-0.25, -0.2) is 4.98 Å². The molecule has 3 atom stereocenters. The summed E-state index contributed by atoms with van der Waals surface area (Å²) < 4.78 is 10.6. The molecule has 2 N–H and O–H groups in total. The smallest absolute Gasteiger partial charge is 0.257 e. The Morgan fingerprint density at radius 1 is 1.19 bits per heavy atom. The summed E-state index contributed by atoms with van der Waals surface area (Å²) in [6.45, 7) is 7.00. The highest BCUT2D eigenvalue weighted by atomic mass is 32.1. The number of aryl methyl sites for hydroxylation is 1. The number of carbonyl (C=O) groups is 2. The van der Waals surface area contributed by atoms with Gasteiger partial charge in [0.2, 0.25) is 12.7 Å². The molecule has 8 heteroatoms. The van der Waals surface area contributed by atoms with Crippen molar-refractivity contribution in [3.05, 3.63) is 34.3 Å². The van der Waals surface area contributed by atoms with Gasteiger partial charge in [0.1, 0.15) is 0 Å². The fourth-order valence-corrected chi connectivity index (χ4v) is 6.53. The fourth-order valence-electron chi connectivity index (χ4n) is 5.50. The minimum Gasteiger partial charge on any atom is -0.454 e. The van der Waals surface area contributed by atoms with E-state index in [-0.39, 0.29) is 36.0 Å². The number of hydrogen-bond acceptors (Lipinski definition) is 6. The molecule has 0 bridgehead atoms. The third-order valence-corrected chi connectivity index (χ3v) is 7.67. The van der Waals surface area contributed by atoms with Gasteiger partial charge < -0.3 is 14.8 Å². The number of carbonyl (C=O) groups excluding carboxylic acids is 2. The van der Waals surface area contributed by atoms with Crippen LogP contribution in [0.1, 0.15) is 73.3 Å². The van der Waals surface area contributed by atoms with Crippen LogP contribution < -0.4 is 20.1 Å². The first-order valence-corrected chi connectivity index (χ1v) is 12.1. The first kappa shape index (κ1) is 21.2. The van der Waals surface area contributed by atoms with Gasteiger partial charge >= 0.3 is 0 Å². The summed E-state index contributed by atoms with van der Waals surface area (Å²) >= 11 is 1.46. The molecule has 5 rings (SSSR count). The van der Waals surface area contributed by atoms with Gasteiger partial charge in [-0.15, -0.1) is 11.3 Å². The van der Waals surface area contributed by atoms with E-state index in [2.05, 4.69) is 36.4 Å². The van der Waals surface area contributed by atoms with E-state index in [1.54, 1.807) is 18.2 Å². The average molecular weight is 456 g/mol. The molecule has 2 amide bonds. The summed E-state index contributed by atoms with van der Waals surface area (Å²) in [4.78, 5) is 31.5. The van der Waals surface area contributed by atoms with Crippen molar-refractivity contribution >= 4 is 28.3 Å². The van der Waals surface area contributed by atoms with Gasteiger partial charge in [0, 0.05) is 16.5 Å². The second kappa shape index (κ2) is 8.06. The quantitative estimate of drug-likeness (QED) is 0.709. The van der Waals surface area contributed by atoms with Gasteiger partial charge in [0.05, 0.1) is 11.6 Å². The monoisotopic (exact) mass is 455 g/mol. The predicted molar refractivity (Wildman–Crippen MR) is 122 cm³/mol. The van der Waals surface area contributed by atoms with Crippen molar-refractivity contribution in [2.75, 3.05) is 12.1 Å². The number of aromatic nitrogens is 1. The van der Waals surface area contributed by atoms with E-state index in [0.717, 1.165) is 36.3 Å². The van der Waals surface area contributed by atoms with Gasteiger partial charge in [-0.05, 0) is 61.6 Å². The molecule has 2 aromatic rings. The largest absolute Gasteiger partial charge is 0.454 e. The highest BCUT2D eigenvalue weighted by Gasteiger charge is 2.37. The van der Waals surface area contributed by atoms with Crippen LogP contribution in [0.2, 0.25) is 0 Å². The molecule has 7 nitrogen and oxygen atoms in total. The van der Waals surface area contributed by atoms with E-state index < -0.39 is 0 Å². The highest BCUT2D eigenvalue weighted by molar-refractivity contribution is 7.16. The molecule has 1 aromatic heterocycles. The summed E-state index contributed by atoms with van der Waals surface area (Å²) in [6, 6.07) is 5.32. The van der Waals surface area contributed by atoms with Crippen LogP contribution in [0.5, 0.6) is 11.5 Å². The summed E-state index contributed by atoms with van der Waals surface area (Å²) in [6.07, 6.45) is 4.84. The van der Waals surface area contributed by atoms with Crippen LogP contribution in [0.25, 0.3) is 0 Å². The van der Waals surface area contributed by atoms with E-state index in [1.165, 1.54) is 17.8 Å². The van der Waals surface area contributed by atoms with Crippen LogP contribution in [-0.4, -0.2) is 29.6 Å². The Balaban J connectivity index is 1.25. The number of thiazole rings is 1. The van der Waals surface area contributed by atoms with E-state index in [0.29, 0.717) is 28.1 Å². The SMILES string of the molecule is CC1CC(NC(=O)C2CCc3sc(NC(=O)c4ccc5c(c4)OCO5)nc32)CC(C)(C)C1. The molecule has 1 fully saturated rings. The number of benzene rings is 1. The molecule has 170 valence electrons. The summed E-state index contributed by atoms with van der Waals surface area (Å²) in [5.41, 5.74) is 1.55. The topological polar surface area (TPSA) is 89.6 Å². The molecule has 32 heavy (non-hydrogen) atoms. The predicted octanol–water partition coefficient (Wildman–Crippen LogP) is 4.48. The molecule has 2 aliphatic carbocycles. The number of hydrogen-bond donors (Lipinski definition) is 2. The Kier molecular flexibility index (Phi) is 5.35. The van der Waals surface area contributed by atoms with Crippen molar-refractivity contribution in [3.63, 3.8) is 0 Å². The minimum atomic E-state index is -0.254. The summed E-state index contributed by atoms with van der Waals surface area (Å²) in [5, 5.41) is 6.71. The number of ether oxygens (including phenoxy) is 2. The second-order valence-electron chi connectivity index (χ2n) is 10.1. The van der Waals surface area contributed by atoms with Crippen LogP contribution in [0, 0.1) is 11.3 Å². The van der Waals surface area contributed by atoms with Gasteiger partial charge in [-0.3, -0.25) is 14.9 Å². The molecule has 0 radical (unpaired) electrons. The number of nitrogens with zero attached hydrogens (tertiary/aromatic N) is 1. The molecule has 1 aromatic carbocycles. The van der Waals surface area contributed by atoms with E-state index in [1.807, 2.05) is 0 Å². The molecule has 1 saturated carbocycles. The van der Waals surface area contributed by atoms with Crippen LogP contribution in [0.3, 0.4) is 0 Å². The van der Waals surface area contributed by atoms with Crippen LogP contribution in [0.4, 0.5) is 5.13 Å². The zero-order valence-electron chi connectivity index (χ0n) is 18.7. The lowest BCUT2D eigenvalue weighted by molar-refractivity contribution is -0.123. The van der Waals surface area contributed by atoms with E-state index in [4.69, 9.17) is 9.47 Å². The number of nitrogens with one attached hydrogen (secondary N) is 2. The summed E-state index contributed by atoms with van der Waals surface area (Å²) in [7, 11) is 0. The van der Waals surface area contributed by atoms with Crippen molar-refractivity contribution in [1.29, 1.82) is 0 Å². The molecule has 0 saturated heterocycles. The number of fused-ring (bicyclic) bond motifs is 2. The van der Waals surface area contributed by atoms with Crippen molar-refractivity contribution in [2.45, 2.75) is 64.8 Å². The van der Waals surface area contributed by atoms with Crippen LogP contribution in [0.15, 0.2) is 18.2 Å². The molecule has 3 unspecified atom stereocenters. The van der Waals surface area contributed by atoms with Crippen molar-refractivity contribution in [2.24, 2.45) is 11.3 Å². The molecule has 0 spiro atoms. The zero-order valence-corrected chi connectivity index (χ0v) is 19.5. The Morgan fingerprint density at radius 3 is 2.81 bits per heavy atom. The van der Waals surface area contributed by atoms with Crippen molar-refractivity contribution < 1.29 is 19.1 Å². The normalized spacial score (nSPS) is 25.3. The van der Waals surface area contributed by atoms with Gasteiger partial charge in [-0.1, -0.05) is 20.8 Å². The number of amides is 2. The summed E-state index contributed by atoms with van der Waals surface area (Å²) in [5.74, 6) is 1.39. The van der Waals surface area contributed by atoms with Gasteiger partial charge in [0.15, 0.2) is 16.6 Å². The third kappa shape index (κ3) is 4.20. The molecule has 2 heterocycles. The van der Waals surface area contributed by atoms with Gasteiger partial charge in [0.25, 0.3) is 5.91 Å². The second-order valence-corrected chi connectivity index (χ2v) is 11.1. The Morgan fingerprint density at radius 2 is 2.00 bits per heavy atom. The fraction of sp³-hybridized carbons (Fsp3) is 0.542. The Labute approximate surface area is 191 Å². The van der Waals surface area contributed by atoms with Crippen LogP contribution >= 0.6 is 11.3 Å². The molecule has 1 aliphatic heterocycles. The standard InChI is InChI=1S/C24H29N3O4S/c1-13-8-15(11-24(2,3)10-13)25-22(29)16-5-7-19-20(16)26-23(32-19)27-21(28)14-4-6-17-18(9-14)31-12-30-17/h4,6,9,13,15-16H,5,7-8,10-12H2,1-3H3,(H,25,29)(H,26,27,28). The maximum atomic E-state index is 13.1. The zero-order chi connectivity index (χ0) is 22.5. The van der Waals surface area contributed by atoms with Crippen molar-refractivity contribution in [3.8, 4) is 11.5 Å². The highest BCUT2D eigenvalue weighted by Crippen LogP contribution is 2.41. The molecular formula is C24H29N3O4S. The van der Waals surface area contributed by atoms with Crippen molar-refractivity contribution in [1.82, 2.24) is 10.3 Å². The lowest BCUT2D eigenvalue weighted by Crippen LogP contribution is -2.44. The average Bonchev–Trinajstić information content (AvgIpc) is 3.40. The first-order valence-electron chi connectivity index (χ1n) is 11.3. The lowest BCUT2D eigenvalue weighted by Gasteiger charge is -2.39. The Hall–Kier alpha value is -2.61. The minimum absolute atomic E-state index is 0.0672. The maximum absolute atomic E-state index is 13.1. The number of anilines is 1. The van der Waals surface area contributed by atoms with Crippen LogP contribution in [-0.2, 0) is 11.2 Å². The van der Waals surface area contributed by atoms with Gasteiger partial charge in [-0.2, -0.15) is 0 Å². The molecular weight excluding hydrogens is 426 g/mol. The van der Waals surface area contributed by atoms with E-state index in [9.17, 15) is 9.59 Å². The maximum Gasteiger partial charge on any atom is 0.257 e. The first-order chi connectivity index (χ1) is 15.3. The number of rotatable bonds is 4. The van der Waals surface area contributed by atoms with E-state index >= 15 is 0 Å². The molecule has 3 aliphatic rings. The third-order valence-electron chi connectivity index (χ3n) is 6.62. The Bertz CT molecular complexity index is 1060. The lowest BCUT2D eigenvalue weighted by atomic mass is 9.70.